The van der Waals surface area contributed by atoms with Gasteiger partial charge in [0.15, 0.2) is 5.78 Å². The third kappa shape index (κ3) is 7.88. The van der Waals surface area contributed by atoms with Gasteiger partial charge in [-0.15, -0.1) is 0 Å². The summed E-state index contributed by atoms with van der Waals surface area (Å²) >= 11 is 0. The Morgan fingerprint density at radius 3 is 1.91 bits per heavy atom. The van der Waals surface area contributed by atoms with Gasteiger partial charge in [-0.05, 0) is 77.4 Å². The third-order valence-corrected chi connectivity index (χ3v) is 7.07. The van der Waals surface area contributed by atoms with E-state index < -0.39 is 43.8 Å². The first-order valence-corrected chi connectivity index (χ1v) is 13.6. The molecule has 4 N–H and O–H groups in total. The average molecular weight is 628 g/mol. The van der Waals surface area contributed by atoms with Crippen molar-refractivity contribution in [3.05, 3.63) is 107 Å². The number of fused-ring (bicyclic) bond motifs is 1. The molecule has 0 saturated carbocycles. The number of aliphatic carboxylic acids is 1. The van der Waals surface area contributed by atoms with Crippen molar-refractivity contribution in [1.82, 2.24) is 0 Å². The number of hydrogen-bond acceptors (Lipinski definition) is 12. The Bertz CT molecular complexity index is 1920. The van der Waals surface area contributed by atoms with Crippen LogP contribution in [0.15, 0.2) is 106 Å². The molecular formula is C29H19N5Na2O7S. The van der Waals surface area contributed by atoms with Crippen LogP contribution in [0.2, 0.25) is 0 Å². The van der Waals surface area contributed by atoms with E-state index in [1.807, 2.05) is 12.1 Å². The fourth-order valence-electron chi connectivity index (χ4n) is 4.11. The standard InChI is InChI=1S/C29H21N5O7S.2Na/c30-19-6-1-18-13-26(42(39,40)41)27(28(36)23(18)14-19)34-32-21-9-4-17(5-10-21)16-2-7-20(8-3-16)31-33-22-11-12-25(35)24(15-22)29(37)38;;/h1-15,31-32H,30H2,(H,37,38)(H,39,40,41);;/q;2*+1/p-2/b33-22-,34-27+;;. The summed E-state index contributed by atoms with van der Waals surface area (Å²) in [5, 5.41) is 19.1. The first-order valence-electron chi connectivity index (χ1n) is 12.1. The number of ketones is 2. The number of Topliss-reactive ketones (excluding diaryl/α,β-unsaturated/α-hetero) is 1. The summed E-state index contributed by atoms with van der Waals surface area (Å²) in [4.78, 5) is 34.8. The smallest absolute Gasteiger partial charge is 0.744 e. The Balaban J connectivity index is 0.00000264. The molecule has 3 aromatic rings. The molecule has 5 rings (SSSR count). The van der Waals surface area contributed by atoms with Crippen molar-refractivity contribution in [1.29, 1.82) is 0 Å². The molecule has 0 spiro atoms. The van der Waals surface area contributed by atoms with E-state index in [0.717, 1.165) is 29.4 Å². The van der Waals surface area contributed by atoms with Crippen LogP contribution in [0.4, 0.5) is 17.1 Å². The van der Waals surface area contributed by atoms with E-state index in [0.29, 0.717) is 17.1 Å². The van der Waals surface area contributed by atoms with Crippen LogP contribution < -0.4 is 80.8 Å². The van der Waals surface area contributed by atoms with Crippen LogP contribution in [0, 0.1) is 0 Å². The van der Waals surface area contributed by atoms with Gasteiger partial charge in [-0.1, -0.05) is 30.3 Å². The number of nitrogen functional groups attached to an aromatic ring is 1. The summed E-state index contributed by atoms with van der Waals surface area (Å²) in [5.74, 6) is -2.99. The molecule has 3 aromatic carbocycles. The first kappa shape index (κ1) is 34.8. The maximum atomic E-state index is 13.0. The number of carbonyl (C=O) groups is 3. The van der Waals surface area contributed by atoms with Gasteiger partial charge in [0.25, 0.3) is 0 Å². The second-order valence-corrected chi connectivity index (χ2v) is 10.4. The average Bonchev–Trinajstić information content (AvgIpc) is 2.96. The van der Waals surface area contributed by atoms with Crippen LogP contribution in [0.5, 0.6) is 0 Å². The van der Waals surface area contributed by atoms with Gasteiger partial charge in [-0.25, -0.2) is 8.42 Å². The summed E-state index contributed by atoms with van der Waals surface area (Å²) in [6.45, 7) is 0. The maximum absolute atomic E-state index is 13.0. The molecule has 0 bridgehead atoms. The zero-order valence-corrected chi connectivity index (χ0v) is 28.2. The van der Waals surface area contributed by atoms with Gasteiger partial charge in [0.1, 0.15) is 15.8 Å². The van der Waals surface area contributed by atoms with E-state index in [-0.39, 0.29) is 76.0 Å². The molecule has 0 saturated heterocycles. The molecule has 2 aliphatic carbocycles. The Morgan fingerprint density at radius 1 is 0.795 bits per heavy atom. The Labute approximate surface area is 295 Å². The number of nitrogens with two attached hydrogens (primary N) is 1. The maximum Gasteiger partial charge on any atom is 1.00 e. The summed E-state index contributed by atoms with van der Waals surface area (Å²) in [5.41, 5.74) is 13.8. The van der Waals surface area contributed by atoms with Crippen molar-refractivity contribution in [2.45, 2.75) is 0 Å². The second-order valence-electron chi connectivity index (χ2n) is 9.06. The van der Waals surface area contributed by atoms with E-state index in [2.05, 4.69) is 21.1 Å². The number of hydrogen-bond donors (Lipinski definition) is 3. The molecule has 15 heteroatoms. The Hall–Kier alpha value is -3.66. The minimum absolute atomic E-state index is 0. The molecule has 210 valence electrons. The monoisotopic (exact) mass is 627 g/mol. The predicted octanol–water partition coefficient (Wildman–Crippen LogP) is -3.92. The molecule has 0 amide bonds. The minimum atomic E-state index is -5.00. The van der Waals surface area contributed by atoms with E-state index in [4.69, 9.17) is 5.73 Å². The summed E-state index contributed by atoms with van der Waals surface area (Å²) < 4.78 is 35.6. The quantitative estimate of drug-likeness (QED) is 0.0579. The summed E-state index contributed by atoms with van der Waals surface area (Å²) in [7, 11) is -5.00. The number of nitrogens with one attached hydrogen (secondary N) is 2. The zero-order chi connectivity index (χ0) is 30.0. The summed E-state index contributed by atoms with van der Waals surface area (Å²) in [6.07, 6.45) is 4.70. The van der Waals surface area contributed by atoms with Crippen molar-refractivity contribution in [2.75, 3.05) is 16.6 Å². The van der Waals surface area contributed by atoms with E-state index >= 15 is 0 Å². The molecular weight excluding hydrogens is 608 g/mol. The van der Waals surface area contributed by atoms with Crippen molar-refractivity contribution >= 4 is 62.2 Å². The van der Waals surface area contributed by atoms with Gasteiger partial charge in [0, 0.05) is 16.8 Å². The number of nitrogens with zero attached hydrogens (tertiary/aromatic N) is 2. The molecule has 0 fully saturated rings. The van der Waals surface area contributed by atoms with Gasteiger partial charge in [0.2, 0.25) is 5.78 Å². The van der Waals surface area contributed by atoms with Gasteiger partial charge in [-0.3, -0.25) is 20.4 Å². The third-order valence-electron chi connectivity index (χ3n) is 6.22. The number of rotatable bonds is 7. The number of hydrazone groups is 2. The zero-order valence-electron chi connectivity index (χ0n) is 23.4. The fourth-order valence-corrected chi connectivity index (χ4v) is 4.76. The van der Waals surface area contributed by atoms with Crippen LogP contribution in [0.3, 0.4) is 0 Å². The number of carboxylic acids is 1. The number of carbonyl (C=O) groups excluding carboxylic acids is 3. The number of anilines is 3. The molecule has 12 nitrogen and oxygen atoms in total. The number of allylic oxidation sites excluding steroid dienone is 4. The summed E-state index contributed by atoms with van der Waals surface area (Å²) in [6, 6.07) is 18.3. The Kier molecular flexibility index (Phi) is 11.4. The molecule has 0 unspecified atom stereocenters. The van der Waals surface area contributed by atoms with Crippen molar-refractivity contribution in [3.8, 4) is 11.1 Å². The van der Waals surface area contributed by atoms with E-state index in [1.165, 1.54) is 24.3 Å². The molecule has 0 aliphatic heterocycles. The minimum Gasteiger partial charge on any atom is -0.744 e. The SMILES string of the molecule is Nc1ccc2c(c1)C(=O)/C(=N/Nc1ccc(-c3ccc(N/N=C4/C=CC(=O)C(C(=O)[O-])=C4)cc3)cc1)C(S(=O)(=O)[O-])=C2.[Na+].[Na+]. The van der Waals surface area contributed by atoms with Crippen LogP contribution in [-0.4, -0.2) is 41.9 Å². The van der Waals surface area contributed by atoms with Crippen molar-refractivity contribution < 1.29 is 91.6 Å². The van der Waals surface area contributed by atoms with E-state index in [1.54, 1.807) is 36.4 Å². The predicted molar refractivity (Wildman–Crippen MR) is 154 cm³/mol. The molecule has 44 heavy (non-hydrogen) atoms. The van der Waals surface area contributed by atoms with Crippen LogP contribution in [-0.2, 0) is 19.7 Å². The number of carboxylic acid groups (broad SMARTS) is 1. The molecule has 0 atom stereocenters. The van der Waals surface area contributed by atoms with Crippen molar-refractivity contribution in [3.63, 3.8) is 0 Å². The van der Waals surface area contributed by atoms with Gasteiger partial charge in [0.05, 0.1) is 28.0 Å². The topological polar surface area (TPSA) is 206 Å². The first-order chi connectivity index (χ1) is 20.0. The molecule has 0 aromatic heterocycles. The van der Waals surface area contributed by atoms with Crippen LogP contribution in [0.1, 0.15) is 15.9 Å². The molecule has 2 aliphatic rings. The van der Waals surface area contributed by atoms with Gasteiger partial charge >= 0.3 is 59.1 Å². The van der Waals surface area contributed by atoms with E-state index in [9.17, 15) is 32.5 Å². The normalized spacial score (nSPS) is 15.8. The fraction of sp³-hybridized carbons (Fsp3) is 0. The largest absolute Gasteiger partial charge is 1.00 e. The van der Waals surface area contributed by atoms with Crippen LogP contribution >= 0.6 is 0 Å². The Morgan fingerprint density at radius 2 is 1.36 bits per heavy atom. The second kappa shape index (κ2) is 14.4. The number of benzene rings is 3. The molecule has 0 heterocycles. The van der Waals surface area contributed by atoms with Gasteiger partial charge in [-0.2, -0.15) is 10.2 Å². The van der Waals surface area contributed by atoms with Gasteiger partial charge < -0.3 is 20.2 Å². The van der Waals surface area contributed by atoms with Crippen LogP contribution in [0.25, 0.3) is 17.2 Å². The molecule has 0 radical (unpaired) electrons. The van der Waals surface area contributed by atoms with Crippen molar-refractivity contribution in [2.24, 2.45) is 10.2 Å².